The molecule has 1 N–H and O–H groups in total. The molecule has 8 heteroatoms. The lowest BCUT2D eigenvalue weighted by Crippen LogP contribution is -2.55. The second-order valence-electron chi connectivity index (χ2n) is 8.48. The van der Waals surface area contributed by atoms with Crippen LogP contribution < -0.4 is 5.32 Å². The molecule has 2 saturated heterocycles. The third kappa shape index (κ3) is 3.65. The van der Waals surface area contributed by atoms with Crippen LogP contribution in [0.1, 0.15) is 43.7 Å². The van der Waals surface area contributed by atoms with Crippen LogP contribution in [0.3, 0.4) is 0 Å². The van der Waals surface area contributed by atoms with Gasteiger partial charge in [0.1, 0.15) is 11.6 Å². The Balaban J connectivity index is 1.33. The Morgan fingerprint density at radius 1 is 1.13 bits per heavy atom. The minimum absolute atomic E-state index is 0.174. The molecular formula is C22H27N5O3. The molecule has 4 amide bonds. The second-order valence-corrected chi connectivity index (χ2v) is 8.48. The Morgan fingerprint density at radius 3 is 2.37 bits per heavy atom. The first-order valence-electron chi connectivity index (χ1n) is 10.6. The molecule has 0 bridgehead atoms. The van der Waals surface area contributed by atoms with Gasteiger partial charge in [-0.05, 0) is 37.5 Å². The number of carbonyl (C=O) groups excluding carboxylic acids is 3. The molecule has 3 aliphatic rings. The van der Waals surface area contributed by atoms with Gasteiger partial charge in [-0.1, -0.05) is 25.0 Å². The number of nitrogens with one attached hydrogen (secondary N) is 1. The predicted molar refractivity (Wildman–Crippen MR) is 109 cm³/mol. The number of hydrogen-bond donors (Lipinski definition) is 1. The minimum atomic E-state index is -0.789. The summed E-state index contributed by atoms with van der Waals surface area (Å²) in [5.41, 5.74) is 0.983. The summed E-state index contributed by atoms with van der Waals surface area (Å²) >= 11 is 0. The Bertz CT molecular complexity index is 877. The Hall–Kier alpha value is -2.92. The highest BCUT2D eigenvalue weighted by Crippen LogP contribution is 2.36. The summed E-state index contributed by atoms with van der Waals surface area (Å²) in [6.45, 7) is 4.99. The maximum atomic E-state index is 13.0. The van der Waals surface area contributed by atoms with Crippen LogP contribution >= 0.6 is 0 Å². The van der Waals surface area contributed by atoms with E-state index in [1.54, 1.807) is 11.8 Å². The Kier molecular flexibility index (Phi) is 5.48. The fourth-order valence-electron chi connectivity index (χ4n) is 4.75. The first-order valence-corrected chi connectivity index (χ1v) is 10.6. The average Bonchev–Trinajstić information content (AvgIpc) is 3.32. The van der Waals surface area contributed by atoms with Crippen molar-refractivity contribution in [3.8, 4) is 6.07 Å². The summed E-state index contributed by atoms with van der Waals surface area (Å²) in [5.74, 6) is -0.420. The first kappa shape index (κ1) is 20.4. The monoisotopic (exact) mass is 409 g/mol. The third-order valence-corrected chi connectivity index (χ3v) is 6.57. The standard InChI is InChI=1S/C22H27N5O3/c1-16(27-20(29)22(24-21(27)30)8-2-3-9-22)19(28)26-12-10-25(11-13-26)15-18-6-4-17(14-23)5-7-18/h4-7,16H,2-3,8-13,15H2,1H3,(H,24,30). The third-order valence-electron chi connectivity index (χ3n) is 6.57. The quantitative estimate of drug-likeness (QED) is 0.760. The van der Waals surface area contributed by atoms with Gasteiger partial charge in [0.25, 0.3) is 5.91 Å². The van der Waals surface area contributed by atoms with E-state index in [-0.39, 0.29) is 11.8 Å². The summed E-state index contributed by atoms with van der Waals surface area (Å²) in [5, 5.41) is 11.7. The number of amides is 4. The van der Waals surface area contributed by atoms with Crippen LogP contribution in [-0.2, 0) is 16.1 Å². The molecule has 0 radical (unpaired) electrons. The molecule has 2 heterocycles. The second kappa shape index (κ2) is 8.07. The van der Waals surface area contributed by atoms with Gasteiger partial charge in [0, 0.05) is 32.7 Å². The van der Waals surface area contributed by atoms with Crippen LogP contribution in [0.15, 0.2) is 24.3 Å². The predicted octanol–water partition coefficient (Wildman–Crippen LogP) is 1.46. The van der Waals surface area contributed by atoms with Crippen molar-refractivity contribution >= 4 is 17.8 Å². The van der Waals surface area contributed by atoms with Crippen molar-refractivity contribution in [2.45, 2.75) is 50.7 Å². The average molecular weight is 409 g/mol. The van der Waals surface area contributed by atoms with Crippen LogP contribution in [0.4, 0.5) is 4.79 Å². The van der Waals surface area contributed by atoms with Gasteiger partial charge in [-0.3, -0.25) is 14.5 Å². The number of urea groups is 1. The molecule has 1 aromatic carbocycles. The molecule has 2 aliphatic heterocycles. The smallest absolute Gasteiger partial charge is 0.325 e. The zero-order chi connectivity index (χ0) is 21.3. The van der Waals surface area contributed by atoms with E-state index in [9.17, 15) is 14.4 Å². The fraction of sp³-hybridized carbons (Fsp3) is 0.545. The van der Waals surface area contributed by atoms with Gasteiger partial charge in [-0.15, -0.1) is 0 Å². The minimum Gasteiger partial charge on any atom is -0.338 e. The molecular weight excluding hydrogens is 382 g/mol. The van der Waals surface area contributed by atoms with Crippen molar-refractivity contribution < 1.29 is 14.4 Å². The summed E-state index contributed by atoms with van der Waals surface area (Å²) < 4.78 is 0. The van der Waals surface area contributed by atoms with Gasteiger partial charge in [-0.2, -0.15) is 5.26 Å². The van der Waals surface area contributed by atoms with Gasteiger partial charge in [0.05, 0.1) is 11.6 Å². The van der Waals surface area contributed by atoms with Crippen LogP contribution in [0.2, 0.25) is 0 Å². The van der Waals surface area contributed by atoms with Crippen molar-refractivity contribution in [2.75, 3.05) is 26.2 Å². The Labute approximate surface area is 176 Å². The largest absolute Gasteiger partial charge is 0.338 e. The van der Waals surface area contributed by atoms with Gasteiger partial charge in [0.2, 0.25) is 5.91 Å². The van der Waals surface area contributed by atoms with Crippen LogP contribution in [0.25, 0.3) is 0 Å². The SMILES string of the molecule is CC(C(=O)N1CCN(Cc2ccc(C#N)cc2)CC1)N1C(=O)NC2(CCCC2)C1=O. The number of nitrogens with zero attached hydrogens (tertiary/aromatic N) is 4. The van der Waals surface area contributed by atoms with Crippen molar-refractivity contribution in [1.29, 1.82) is 5.26 Å². The maximum absolute atomic E-state index is 13.0. The molecule has 1 unspecified atom stereocenters. The zero-order valence-corrected chi connectivity index (χ0v) is 17.3. The van der Waals surface area contributed by atoms with E-state index in [0.29, 0.717) is 31.5 Å². The maximum Gasteiger partial charge on any atom is 0.325 e. The van der Waals surface area contributed by atoms with Gasteiger partial charge < -0.3 is 10.2 Å². The molecule has 1 aromatic rings. The molecule has 0 aromatic heterocycles. The summed E-state index contributed by atoms with van der Waals surface area (Å²) in [6, 6.07) is 8.41. The lowest BCUT2D eigenvalue weighted by atomic mass is 9.97. The molecule has 1 saturated carbocycles. The van der Waals surface area contributed by atoms with E-state index in [1.165, 1.54) is 0 Å². The van der Waals surface area contributed by atoms with Crippen molar-refractivity contribution in [3.63, 3.8) is 0 Å². The van der Waals surface area contributed by atoms with Crippen LogP contribution in [-0.4, -0.2) is 70.3 Å². The number of carbonyl (C=O) groups is 3. The van der Waals surface area contributed by atoms with E-state index >= 15 is 0 Å². The number of rotatable bonds is 4. The van der Waals surface area contributed by atoms with Gasteiger partial charge in [0.15, 0.2) is 0 Å². The molecule has 1 aliphatic carbocycles. The molecule has 30 heavy (non-hydrogen) atoms. The lowest BCUT2D eigenvalue weighted by molar-refractivity contribution is -0.144. The number of imide groups is 1. The highest BCUT2D eigenvalue weighted by molar-refractivity contribution is 6.10. The summed E-state index contributed by atoms with van der Waals surface area (Å²) in [4.78, 5) is 43.5. The number of piperazine rings is 1. The van der Waals surface area contributed by atoms with Crippen molar-refractivity contribution in [3.05, 3.63) is 35.4 Å². The molecule has 8 nitrogen and oxygen atoms in total. The molecule has 4 rings (SSSR count). The molecule has 3 fully saturated rings. The van der Waals surface area contributed by atoms with Crippen LogP contribution in [0, 0.1) is 11.3 Å². The normalized spacial score (nSPS) is 22.3. The highest BCUT2D eigenvalue weighted by atomic mass is 16.2. The lowest BCUT2D eigenvalue weighted by Gasteiger charge is -2.37. The first-order chi connectivity index (χ1) is 14.4. The molecule has 1 atom stereocenters. The molecule has 1 spiro atoms. The van der Waals surface area contributed by atoms with E-state index in [2.05, 4.69) is 16.3 Å². The van der Waals surface area contributed by atoms with E-state index < -0.39 is 17.6 Å². The zero-order valence-electron chi connectivity index (χ0n) is 17.3. The van der Waals surface area contributed by atoms with Crippen molar-refractivity contribution in [2.24, 2.45) is 0 Å². The number of hydrogen-bond acceptors (Lipinski definition) is 5. The van der Waals surface area contributed by atoms with Crippen LogP contribution in [0.5, 0.6) is 0 Å². The molecule has 158 valence electrons. The highest BCUT2D eigenvalue weighted by Gasteiger charge is 2.54. The van der Waals surface area contributed by atoms with Gasteiger partial charge >= 0.3 is 6.03 Å². The van der Waals surface area contributed by atoms with E-state index in [0.717, 1.165) is 42.9 Å². The van der Waals surface area contributed by atoms with Crippen molar-refractivity contribution in [1.82, 2.24) is 20.0 Å². The number of nitriles is 1. The summed E-state index contributed by atoms with van der Waals surface area (Å²) in [7, 11) is 0. The van der Waals surface area contributed by atoms with Gasteiger partial charge in [-0.25, -0.2) is 9.69 Å². The topological polar surface area (TPSA) is 96.8 Å². The van der Waals surface area contributed by atoms with E-state index in [1.807, 2.05) is 24.3 Å². The summed E-state index contributed by atoms with van der Waals surface area (Å²) in [6.07, 6.45) is 3.15. The fourth-order valence-corrected chi connectivity index (χ4v) is 4.75. The Morgan fingerprint density at radius 2 is 1.77 bits per heavy atom. The number of benzene rings is 1. The van der Waals surface area contributed by atoms with E-state index in [4.69, 9.17) is 5.26 Å².